The SMILES string of the molecule is Cc1ccc(-n2c(C(C)C)nc3ccccc3c2=O)cc1. The lowest BCUT2D eigenvalue weighted by atomic mass is 10.1. The molecule has 3 heteroatoms. The summed E-state index contributed by atoms with van der Waals surface area (Å²) in [5.41, 5.74) is 2.79. The van der Waals surface area contributed by atoms with Crippen molar-refractivity contribution in [1.82, 2.24) is 9.55 Å². The molecule has 3 nitrogen and oxygen atoms in total. The molecular formula is C18H18N2O. The molecule has 2 aromatic carbocycles. The van der Waals surface area contributed by atoms with E-state index in [4.69, 9.17) is 4.98 Å². The number of fused-ring (bicyclic) bond motifs is 1. The van der Waals surface area contributed by atoms with Crippen molar-refractivity contribution in [3.63, 3.8) is 0 Å². The van der Waals surface area contributed by atoms with Gasteiger partial charge in [-0.3, -0.25) is 9.36 Å². The minimum Gasteiger partial charge on any atom is -0.268 e. The molecule has 21 heavy (non-hydrogen) atoms. The summed E-state index contributed by atoms with van der Waals surface area (Å²) in [6, 6.07) is 15.5. The maximum absolute atomic E-state index is 12.9. The second-order valence-corrected chi connectivity index (χ2v) is 5.62. The van der Waals surface area contributed by atoms with Crippen molar-refractivity contribution in [2.24, 2.45) is 0 Å². The average Bonchev–Trinajstić information content (AvgIpc) is 2.48. The van der Waals surface area contributed by atoms with Gasteiger partial charge < -0.3 is 0 Å². The summed E-state index contributed by atoms with van der Waals surface area (Å²) in [7, 11) is 0. The first-order valence-corrected chi connectivity index (χ1v) is 7.16. The molecule has 0 N–H and O–H groups in total. The highest BCUT2D eigenvalue weighted by Crippen LogP contribution is 2.19. The Balaban J connectivity index is 2.39. The molecule has 0 aliphatic carbocycles. The molecule has 0 radical (unpaired) electrons. The second kappa shape index (κ2) is 5.17. The molecule has 0 saturated heterocycles. The van der Waals surface area contributed by atoms with E-state index < -0.39 is 0 Å². The van der Waals surface area contributed by atoms with Crippen LogP contribution in [0.3, 0.4) is 0 Å². The summed E-state index contributed by atoms with van der Waals surface area (Å²) in [6.45, 7) is 6.15. The smallest absolute Gasteiger partial charge is 0.265 e. The van der Waals surface area contributed by atoms with Crippen LogP contribution in [0.25, 0.3) is 16.6 Å². The van der Waals surface area contributed by atoms with Gasteiger partial charge in [-0.1, -0.05) is 43.7 Å². The second-order valence-electron chi connectivity index (χ2n) is 5.62. The van der Waals surface area contributed by atoms with E-state index in [1.807, 2.05) is 55.5 Å². The maximum atomic E-state index is 12.9. The highest BCUT2D eigenvalue weighted by molar-refractivity contribution is 5.77. The summed E-state index contributed by atoms with van der Waals surface area (Å²) in [4.78, 5) is 17.6. The van der Waals surface area contributed by atoms with Crippen LogP contribution in [0.1, 0.15) is 31.2 Å². The van der Waals surface area contributed by atoms with Crippen molar-refractivity contribution < 1.29 is 0 Å². The van der Waals surface area contributed by atoms with Crippen molar-refractivity contribution in [2.45, 2.75) is 26.7 Å². The molecular weight excluding hydrogens is 260 g/mol. The minimum absolute atomic E-state index is 0.00634. The predicted molar refractivity (Wildman–Crippen MR) is 86.2 cm³/mol. The Kier molecular flexibility index (Phi) is 3.34. The van der Waals surface area contributed by atoms with Gasteiger partial charge in [-0.25, -0.2) is 4.98 Å². The zero-order chi connectivity index (χ0) is 15.0. The van der Waals surface area contributed by atoms with Gasteiger partial charge in [-0.05, 0) is 31.2 Å². The summed E-state index contributed by atoms with van der Waals surface area (Å²) < 4.78 is 1.73. The quantitative estimate of drug-likeness (QED) is 0.714. The van der Waals surface area contributed by atoms with Gasteiger partial charge in [0, 0.05) is 5.92 Å². The van der Waals surface area contributed by atoms with Gasteiger partial charge in [-0.15, -0.1) is 0 Å². The van der Waals surface area contributed by atoms with Gasteiger partial charge in [0.05, 0.1) is 16.6 Å². The molecule has 0 amide bonds. The van der Waals surface area contributed by atoms with Crippen LogP contribution >= 0.6 is 0 Å². The van der Waals surface area contributed by atoms with Gasteiger partial charge in [0.1, 0.15) is 5.82 Å². The maximum Gasteiger partial charge on any atom is 0.265 e. The third-order valence-electron chi connectivity index (χ3n) is 3.61. The number of hydrogen-bond donors (Lipinski definition) is 0. The molecule has 0 aliphatic rings. The molecule has 0 fully saturated rings. The summed E-state index contributed by atoms with van der Waals surface area (Å²) in [5, 5.41) is 0.655. The summed E-state index contributed by atoms with van der Waals surface area (Å²) in [6.07, 6.45) is 0. The lowest BCUT2D eigenvalue weighted by Crippen LogP contribution is -2.24. The van der Waals surface area contributed by atoms with Gasteiger partial charge in [0.2, 0.25) is 0 Å². The van der Waals surface area contributed by atoms with Gasteiger partial charge in [0.25, 0.3) is 5.56 Å². The average molecular weight is 278 g/mol. The Morgan fingerprint density at radius 3 is 2.33 bits per heavy atom. The topological polar surface area (TPSA) is 34.9 Å². The monoisotopic (exact) mass is 278 g/mol. The third kappa shape index (κ3) is 2.35. The van der Waals surface area contributed by atoms with E-state index in [-0.39, 0.29) is 11.5 Å². The number of para-hydroxylation sites is 1. The molecule has 3 aromatic rings. The third-order valence-corrected chi connectivity index (χ3v) is 3.61. The number of hydrogen-bond acceptors (Lipinski definition) is 2. The van der Waals surface area contributed by atoms with Crippen LogP contribution in [0, 0.1) is 6.92 Å². The first-order valence-electron chi connectivity index (χ1n) is 7.16. The first kappa shape index (κ1) is 13.6. The summed E-state index contributed by atoms with van der Waals surface area (Å²) in [5.74, 6) is 0.964. The molecule has 0 bridgehead atoms. The van der Waals surface area contributed by atoms with E-state index >= 15 is 0 Å². The molecule has 0 saturated carbocycles. The van der Waals surface area contributed by atoms with Crippen molar-refractivity contribution in [3.05, 3.63) is 70.3 Å². The highest BCUT2D eigenvalue weighted by Gasteiger charge is 2.14. The van der Waals surface area contributed by atoms with Crippen LogP contribution < -0.4 is 5.56 Å². The van der Waals surface area contributed by atoms with Crippen LogP contribution in [0.15, 0.2) is 53.3 Å². The highest BCUT2D eigenvalue weighted by atomic mass is 16.1. The number of rotatable bonds is 2. The summed E-state index contributed by atoms with van der Waals surface area (Å²) >= 11 is 0. The number of nitrogens with zero attached hydrogens (tertiary/aromatic N) is 2. The van der Waals surface area contributed by atoms with E-state index in [2.05, 4.69) is 13.8 Å². The fourth-order valence-electron chi connectivity index (χ4n) is 2.48. The van der Waals surface area contributed by atoms with Crippen molar-refractivity contribution in [1.29, 1.82) is 0 Å². The van der Waals surface area contributed by atoms with E-state index in [0.717, 1.165) is 17.0 Å². The van der Waals surface area contributed by atoms with Crippen LogP contribution in [0.5, 0.6) is 0 Å². The van der Waals surface area contributed by atoms with E-state index in [1.165, 1.54) is 5.56 Å². The zero-order valence-corrected chi connectivity index (χ0v) is 12.5. The number of aromatic nitrogens is 2. The normalized spacial score (nSPS) is 11.2. The molecule has 106 valence electrons. The number of aryl methyl sites for hydroxylation is 1. The fourth-order valence-corrected chi connectivity index (χ4v) is 2.48. The molecule has 0 atom stereocenters. The molecule has 1 heterocycles. The molecule has 0 unspecified atom stereocenters. The standard InChI is InChI=1S/C18H18N2O/c1-12(2)17-19-16-7-5-4-6-15(16)18(21)20(17)14-10-8-13(3)9-11-14/h4-12H,1-3H3. The molecule has 1 aromatic heterocycles. The Bertz CT molecular complexity index is 845. The van der Waals surface area contributed by atoms with Crippen LogP contribution in [-0.4, -0.2) is 9.55 Å². The van der Waals surface area contributed by atoms with Crippen LogP contribution in [-0.2, 0) is 0 Å². The van der Waals surface area contributed by atoms with Crippen LogP contribution in [0.2, 0.25) is 0 Å². The minimum atomic E-state index is -0.00634. The van der Waals surface area contributed by atoms with E-state index in [0.29, 0.717) is 5.39 Å². The Morgan fingerprint density at radius 2 is 1.67 bits per heavy atom. The molecule has 3 rings (SSSR count). The van der Waals surface area contributed by atoms with E-state index in [9.17, 15) is 4.79 Å². The van der Waals surface area contributed by atoms with E-state index in [1.54, 1.807) is 4.57 Å². The van der Waals surface area contributed by atoms with Gasteiger partial charge >= 0.3 is 0 Å². The van der Waals surface area contributed by atoms with Crippen molar-refractivity contribution in [2.75, 3.05) is 0 Å². The predicted octanol–water partition coefficient (Wildman–Crippen LogP) is 3.82. The van der Waals surface area contributed by atoms with Crippen molar-refractivity contribution >= 4 is 10.9 Å². The van der Waals surface area contributed by atoms with Crippen molar-refractivity contribution in [3.8, 4) is 5.69 Å². The lowest BCUT2D eigenvalue weighted by molar-refractivity contribution is 0.723. The lowest BCUT2D eigenvalue weighted by Gasteiger charge is -2.16. The van der Waals surface area contributed by atoms with Gasteiger partial charge in [-0.2, -0.15) is 0 Å². The largest absolute Gasteiger partial charge is 0.268 e. The zero-order valence-electron chi connectivity index (χ0n) is 12.5. The first-order chi connectivity index (χ1) is 10.1. The number of benzene rings is 2. The molecule has 0 spiro atoms. The van der Waals surface area contributed by atoms with Crippen LogP contribution in [0.4, 0.5) is 0 Å². The Morgan fingerprint density at radius 1 is 1.00 bits per heavy atom. The molecule has 0 aliphatic heterocycles. The Labute approximate surface area is 123 Å². The Hall–Kier alpha value is -2.42. The van der Waals surface area contributed by atoms with Gasteiger partial charge in [0.15, 0.2) is 0 Å². The fraction of sp³-hybridized carbons (Fsp3) is 0.222.